The highest BCUT2D eigenvalue weighted by Crippen LogP contribution is 2.13. The summed E-state index contributed by atoms with van der Waals surface area (Å²) in [4.78, 5) is 32.2. The van der Waals surface area contributed by atoms with Gasteiger partial charge in [-0.1, -0.05) is 0 Å². The van der Waals surface area contributed by atoms with E-state index in [0.29, 0.717) is 0 Å². The maximum absolute atomic E-state index is 13.0. The van der Waals surface area contributed by atoms with Crippen LogP contribution in [0.15, 0.2) is 23.1 Å². The molecule has 0 saturated heterocycles. The number of H-pyrrole nitrogens is 1. The summed E-state index contributed by atoms with van der Waals surface area (Å²) >= 11 is 0. The van der Waals surface area contributed by atoms with Crippen molar-refractivity contribution in [1.29, 1.82) is 0 Å². The maximum atomic E-state index is 13.0. The number of aromatic amines is 1. The van der Waals surface area contributed by atoms with E-state index in [2.05, 4.69) is 19.7 Å². The number of hydrogen-bond donors (Lipinski definition) is 2. The minimum Gasteiger partial charge on any atom is -0.405 e. The summed E-state index contributed by atoms with van der Waals surface area (Å²) in [6.07, 6.45) is -0.0869. The van der Waals surface area contributed by atoms with Gasteiger partial charge in [-0.05, 0) is 19.1 Å². The SMILES string of the molecule is Cc1nc(-c2ccc(OC(N)=O)c(=O)[nH]2)ncc1F. The maximum Gasteiger partial charge on any atom is 0.410 e. The van der Waals surface area contributed by atoms with Crippen molar-refractivity contribution in [3.05, 3.63) is 40.2 Å². The zero-order valence-corrected chi connectivity index (χ0v) is 9.81. The lowest BCUT2D eigenvalue weighted by Gasteiger charge is -2.03. The number of rotatable bonds is 2. The summed E-state index contributed by atoms with van der Waals surface area (Å²) in [5, 5.41) is 0. The van der Waals surface area contributed by atoms with Gasteiger partial charge in [0.2, 0.25) is 0 Å². The molecule has 3 N–H and O–H groups in total. The number of ether oxygens (including phenoxy) is 1. The Morgan fingerprint density at radius 2 is 2.21 bits per heavy atom. The minimum atomic E-state index is -1.09. The summed E-state index contributed by atoms with van der Waals surface area (Å²) < 4.78 is 17.5. The van der Waals surface area contributed by atoms with Crippen molar-refractivity contribution < 1.29 is 13.9 Å². The molecule has 0 atom stereocenters. The van der Waals surface area contributed by atoms with Gasteiger partial charge in [-0.2, -0.15) is 0 Å². The third-order valence-corrected chi connectivity index (χ3v) is 2.24. The zero-order valence-electron chi connectivity index (χ0n) is 9.81. The molecule has 0 unspecified atom stereocenters. The fourth-order valence-corrected chi connectivity index (χ4v) is 1.36. The Morgan fingerprint density at radius 3 is 2.79 bits per heavy atom. The van der Waals surface area contributed by atoms with Crippen molar-refractivity contribution in [3.8, 4) is 17.3 Å². The molecule has 0 aliphatic carbocycles. The van der Waals surface area contributed by atoms with Gasteiger partial charge < -0.3 is 15.5 Å². The number of amides is 1. The molecule has 8 heteroatoms. The van der Waals surface area contributed by atoms with E-state index in [0.717, 1.165) is 6.20 Å². The predicted molar refractivity (Wildman–Crippen MR) is 63.0 cm³/mol. The van der Waals surface area contributed by atoms with E-state index < -0.39 is 17.5 Å². The van der Waals surface area contributed by atoms with Crippen LogP contribution in [0.2, 0.25) is 0 Å². The van der Waals surface area contributed by atoms with Crippen LogP contribution in [0.4, 0.5) is 9.18 Å². The van der Waals surface area contributed by atoms with Gasteiger partial charge in [-0.3, -0.25) is 4.79 Å². The number of nitrogens with zero attached hydrogens (tertiary/aromatic N) is 2. The van der Waals surface area contributed by atoms with Gasteiger partial charge >= 0.3 is 6.09 Å². The number of aromatic nitrogens is 3. The Balaban J connectivity index is 2.41. The van der Waals surface area contributed by atoms with E-state index >= 15 is 0 Å². The molecule has 0 aliphatic heterocycles. The van der Waals surface area contributed by atoms with Crippen LogP contribution in [-0.4, -0.2) is 21.0 Å². The van der Waals surface area contributed by atoms with Crippen LogP contribution in [0.5, 0.6) is 5.75 Å². The van der Waals surface area contributed by atoms with Crippen molar-refractivity contribution >= 4 is 6.09 Å². The van der Waals surface area contributed by atoms with Crippen LogP contribution < -0.4 is 16.0 Å². The second kappa shape index (κ2) is 4.84. The summed E-state index contributed by atoms with van der Waals surface area (Å²) in [5.74, 6) is -0.628. The van der Waals surface area contributed by atoms with E-state index in [1.54, 1.807) is 0 Å². The number of nitrogens with two attached hydrogens (primary N) is 1. The molecular formula is C11H9FN4O3. The molecule has 7 nitrogen and oxygen atoms in total. The van der Waals surface area contributed by atoms with Gasteiger partial charge in [0.15, 0.2) is 17.4 Å². The number of pyridine rings is 1. The first-order valence-electron chi connectivity index (χ1n) is 5.17. The molecule has 0 aromatic carbocycles. The largest absolute Gasteiger partial charge is 0.410 e. The van der Waals surface area contributed by atoms with E-state index in [1.807, 2.05) is 0 Å². The third-order valence-electron chi connectivity index (χ3n) is 2.24. The number of carbonyl (C=O) groups is 1. The average Bonchev–Trinajstić information content (AvgIpc) is 2.35. The fourth-order valence-electron chi connectivity index (χ4n) is 1.36. The normalized spacial score (nSPS) is 10.2. The number of nitrogens with one attached hydrogen (secondary N) is 1. The van der Waals surface area contributed by atoms with Crippen LogP contribution in [-0.2, 0) is 0 Å². The van der Waals surface area contributed by atoms with Gasteiger partial charge in [-0.15, -0.1) is 0 Å². The Bertz CT molecular complexity index is 699. The molecule has 2 aromatic heterocycles. The van der Waals surface area contributed by atoms with Gasteiger partial charge in [0.25, 0.3) is 5.56 Å². The number of primary amides is 1. The molecule has 0 radical (unpaired) electrons. The number of halogens is 1. The molecule has 0 spiro atoms. The zero-order chi connectivity index (χ0) is 14.0. The van der Waals surface area contributed by atoms with Crippen LogP contribution >= 0.6 is 0 Å². The number of carbonyl (C=O) groups excluding carboxylic acids is 1. The molecule has 0 bridgehead atoms. The van der Waals surface area contributed by atoms with Gasteiger partial charge in [0, 0.05) is 0 Å². The smallest absolute Gasteiger partial charge is 0.405 e. The predicted octanol–water partition coefficient (Wildman–Crippen LogP) is 0.737. The lowest BCUT2D eigenvalue weighted by Crippen LogP contribution is -2.21. The van der Waals surface area contributed by atoms with Gasteiger partial charge in [0.1, 0.15) is 0 Å². The second-order valence-electron chi connectivity index (χ2n) is 3.61. The lowest BCUT2D eigenvalue weighted by molar-refractivity contribution is 0.210. The first-order valence-corrected chi connectivity index (χ1v) is 5.17. The van der Waals surface area contributed by atoms with E-state index in [-0.39, 0.29) is 23.0 Å². The second-order valence-corrected chi connectivity index (χ2v) is 3.61. The molecule has 2 heterocycles. The van der Waals surface area contributed by atoms with Crippen LogP contribution in [0.25, 0.3) is 11.5 Å². The van der Waals surface area contributed by atoms with Crippen molar-refractivity contribution in [2.24, 2.45) is 5.73 Å². The molecule has 98 valence electrons. The quantitative estimate of drug-likeness (QED) is 0.830. The van der Waals surface area contributed by atoms with Crippen molar-refractivity contribution in [3.63, 3.8) is 0 Å². The molecule has 0 fully saturated rings. The standard InChI is InChI=1S/C11H9FN4O3/c1-5-6(12)4-14-9(15-5)7-2-3-8(10(17)16-7)19-11(13)18/h2-4H,1H3,(H2,13,18)(H,16,17). The number of hydrogen-bond acceptors (Lipinski definition) is 5. The summed E-state index contributed by atoms with van der Waals surface area (Å²) in [6, 6.07) is 2.67. The topological polar surface area (TPSA) is 111 Å². The summed E-state index contributed by atoms with van der Waals surface area (Å²) in [5.41, 5.74) is 4.56. The molecule has 0 saturated carbocycles. The monoisotopic (exact) mass is 264 g/mol. The lowest BCUT2D eigenvalue weighted by atomic mass is 10.3. The Hall–Kier alpha value is -2.77. The first-order chi connectivity index (χ1) is 8.97. The van der Waals surface area contributed by atoms with Crippen molar-refractivity contribution in [2.75, 3.05) is 0 Å². The van der Waals surface area contributed by atoms with E-state index in [1.165, 1.54) is 19.1 Å². The van der Waals surface area contributed by atoms with Gasteiger partial charge in [0.05, 0.1) is 17.6 Å². The van der Waals surface area contributed by atoms with Gasteiger partial charge in [-0.25, -0.2) is 19.2 Å². The highest BCUT2D eigenvalue weighted by molar-refractivity contribution is 5.68. The van der Waals surface area contributed by atoms with Crippen LogP contribution in [0, 0.1) is 12.7 Å². The summed E-state index contributed by atoms with van der Waals surface area (Å²) in [6.45, 7) is 1.48. The minimum absolute atomic E-state index is 0.154. The number of aryl methyl sites for hydroxylation is 1. The molecular weight excluding hydrogens is 255 g/mol. The molecule has 2 rings (SSSR count). The van der Waals surface area contributed by atoms with Crippen molar-refractivity contribution in [2.45, 2.75) is 6.92 Å². The first kappa shape index (κ1) is 12.7. The van der Waals surface area contributed by atoms with Crippen LogP contribution in [0.1, 0.15) is 5.69 Å². The Morgan fingerprint density at radius 1 is 1.47 bits per heavy atom. The van der Waals surface area contributed by atoms with Crippen LogP contribution in [0.3, 0.4) is 0 Å². The summed E-state index contributed by atoms with van der Waals surface area (Å²) in [7, 11) is 0. The molecule has 19 heavy (non-hydrogen) atoms. The molecule has 1 amide bonds. The average molecular weight is 264 g/mol. The Labute approximate surface area is 106 Å². The highest BCUT2D eigenvalue weighted by Gasteiger charge is 2.09. The van der Waals surface area contributed by atoms with Crippen molar-refractivity contribution in [1.82, 2.24) is 15.0 Å². The third kappa shape index (κ3) is 2.73. The van der Waals surface area contributed by atoms with E-state index in [9.17, 15) is 14.0 Å². The highest BCUT2D eigenvalue weighted by atomic mass is 19.1. The Kier molecular flexibility index (Phi) is 3.23. The molecule has 2 aromatic rings. The molecule has 0 aliphatic rings. The van der Waals surface area contributed by atoms with E-state index in [4.69, 9.17) is 5.73 Å². The fraction of sp³-hybridized carbons (Fsp3) is 0.0909.